The van der Waals surface area contributed by atoms with Crippen LogP contribution in [-0.2, 0) is 4.79 Å². The first-order valence-electron chi connectivity index (χ1n) is 3.56. The van der Waals surface area contributed by atoms with Gasteiger partial charge in [-0.15, -0.1) is 0 Å². The van der Waals surface area contributed by atoms with E-state index in [4.69, 9.17) is 0 Å². The zero-order valence-corrected chi connectivity index (χ0v) is 8.20. The molecule has 11 heavy (non-hydrogen) atoms. The van der Waals surface area contributed by atoms with Crippen molar-refractivity contribution in [2.24, 2.45) is 0 Å². The average Bonchev–Trinajstić information content (AvgIpc) is 2.05. The number of carbonyl (C=O) groups is 1. The highest BCUT2D eigenvalue weighted by Crippen LogP contribution is 2.15. The highest BCUT2D eigenvalue weighted by Gasteiger charge is 2.17. The first-order chi connectivity index (χ1) is 5.24. The van der Waals surface area contributed by atoms with Crippen LogP contribution in [0, 0.1) is 0 Å². The Kier molecular flexibility index (Phi) is 3.54. The molecular formula is C6H12N2OS2. The Hall–Kier alpha value is 0.130. The van der Waals surface area contributed by atoms with Crippen LogP contribution >= 0.6 is 22.6 Å². The molecule has 1 fully saturated rings. The van der Waals surface area contributed by atoms with Crippen molar-refractivity contribution in [2.45, 2.75) is 6.92 Å². The maximum absolute atomic E-state index is 10.9. The quantitative estimate of drug-likeness (QED) is 0.375. The van der Waals surface area contributed by atoms with Gasteiger partial charge in [-0.1, -0.05) is 11.7 Å². The molecule has 0 aliphatic carbocycles. The molecule has 0 atom stereocenters. The summed E-state index contributed by atoms with van der Waals surface area (Å²) in [6.45, 7) is 5.14. The summed E-state index contributed by atoms with van der Waals surface area (Å²) >= 11 is 4.08. The fraction of sp³-hybridized carbons (Fsp3) is 0.833. The normalized spacial score (nSPS) is 20.4. The number of amides is 1. The second-order valence-electron chi connectivity index (χ2n) is 2.52. The summed E-state index contributed by atoms with van der Waals surface area (Å²) in [7, 11) is 1.45. The van der Waals surface area contributed by atoms with Crippen LogP contribution in [0.3, 0.4) is 0 Å². The van der Waals surface area contributed by atoms with Crippen LogP contribution in [0.1, 0.15) is 6.92 Å². The van der Waals surface area contributed by atoms with Gasteiger partial charge in [0, 0.05) is 33.1 Å². The van der Waals surface area contributed by atoms with E-state index in [-0.39, 0.29) is 5.91 Å². The second kappa shape index (κ2) is 4.23. The predicted molar refractivity (Wildman–Crippen MR) is 50.4 cm³/mol. The molecule has 1 amide bonds. The highest BCUT2D eigenvalue weighted by molar-refractivity contribution is 8.67. The fourth-order valence-corrected chi connectivity index (χ4v) is 1.90. The van der Waals surface area contributed by atoms with E-state index < -0.39 is 0 Å². The van der Waals surface area contributed by atoms with Crippen molar-refractivity contribution in [3.63, 3.8) is 0 Å². The fourth-order valence-electron chi connectivity index (χ4n) is 1.08. The summed E-state index contributed by atoms with van der Waals surface area (Å²) in [4.78, 5) is 12.7. The minimum atomic E-state index is 0.175. The van der Waals surface area contributed by atoms with Gasteiger partial charge in [-0.25, -0.2) is 4.31 Å². The molecule has 1 aliphatic rings. The smallest absolute Gasteiger partial charge is 0.219 e. The molecule has 0 aromatic rings. The summed E-state index contributed by atoms with van der Waals surface area (Å²) in [6.07, 6.45) is 0. The van der Waals surface area contributed by atoms with Crippen molar-refractivity contribution in [1.82, 2.24) is 9.21 Å². The summed E-state index contributed by atoms with van der Waals surface area (Å²) in [5, 5.41) is 0. The van der Waals surface area contributed by atoms with Gasteiger partial charge < -0.3 is 4.90 Å². The van der Waals surface area contributed by atoms with E-state index in [9.17, 15) is 4.79 Å². The molecule has 5 heteroatoms. The summed E-state index contributed by atoms with van der Waals surface area (Å²) < 4.78 is 2.14. The minimum Gasteiger partial charge on any atom is -0.340 e. The van der Waals surface area contributed by atoms with Gasteiger partial charge in [0.25, 0.3) is 0 Å². The highest BCUT2D eigenvalue weighted by atomic mass is 33.1. The van der Waals surface area contributed by atoms with E-state index in [1.54, 1.807) is 6.92 Å². The van der Waals surface area contributed by atoms with Crippen molar-refractivity contribution >= 4 is 28.5 Å². The molecule has 0 aromatic carbocycles. The Balaban J connectivity index is 2.30. The van der Waals surface area contributed by atoms with Gasteiger partial charge in [-0.2, -0.15) is 0 Å². The van der Waals surface area contributed by atoms with Crippen LogP contribution in [0.25, 0.3) is 0 Å². The van der Waals surface area contributed by atoms with Crippen molar-refractivity contribution in [2.75, 3.05) is 26.2 Å². The first kappa shape index (κ1) is 9.22. The molecule has 1 heterocycles. The molecule has 0 saturated carbocycles. The van der Waals surface area contributed by atoms with Crippen molar-refractivity contribution in [3.8, 4) is 0 Å². The van der Waals surface area contributed by atoms with Gasteiger partial charge in [0.15, 0.2) is 0 Å². The van der Waals surface area contributed by atoms with E-state index in [1.807, 2.05) is 4.90 Å². The molecule has 0 radical (unpaired) electrons. The van der Waals surface area contributed by atoms with Gasteiger partial charge in [0.1, 0.15) is 0 Å². The zero-order chi connectivity index (χ0) is 8.27. The number of hydrogen-bond acceptors (Lipinski definition) is 4. The van der Waals surface area contributed by atoms with Gasteiger partial charge in [0.05, 0.1) is 0 Å². The SMILES string of the molecule is CC(=O)N1CCN(SS)CC1. The van der Waals surface area contributed by atoms with Crippen LogP contribution in [0.5, 0.6) is 0 Å². The Morgan fingerprint density at radius 2 is 1.91 bits per heavy atom. The van der Waals surface area contributed by atoms with Crippen LogP contribution in [0.15, 0.2) is 0 Å². The summed E-state index contributed by atoms with van der Waals surface area (Å²) in [5.74, 6) is 0.175. The van der Waals surface area contributed by atoms with E-state index in [0.29, 0.717) is 0 Å². The van der Waals surface area contributed by atoms with E-state index >= 15 is 0 Å². The maximum Gasteiger partial charge on any atom is 0.219 e. The summed E-state index contributed by atoms with van der Waals surface area (Å²) in [5.41, 5.74) is 0. The van der Waals surface area contributed by atoms with E-state index in [0.717, 1.165) is 26.2 Å². The number of rotatable bonds is 1. The van der Waals surface area contributed by atoms with Crippen molar-refractivity contribution in [1.29, 1.82) is 0 Å². The molecule has 64 valence electrons. The van der Waals surface area contributed by atoms with Gasteiger partial charge in [0.2, 0.25) is 5.91 Å². The Labute approximate surface area is 76.1 Å². The van der Waals surface area contributed by atoms with Crippen molar-refractivity contribution < 1.29 is 4.79 Å². The van der Waals surface area contributed by atoms with E-state index in [2.05, 4.69) is 16.0 Å². The van der Waals surface area contributed by atoms with Crippen LogP contribution < -0.4 is 0 Å². The summed E-state index contributed by atoms with van der Waals surface area (Å²) in [6, 6.07) is 0. The number of hydrogen-bond donors (Lipinski definition) is 1. The predicted octanol–water partition coefficient (Wildman–Crippen LogP) is 0.644. The molecular weight excluding hydrogens is 180 g/mol. The average molecular weight is 192 g/mol. The molecule has 1 saturated heterocycles. The lowest BCUT2D eigenvalue weighted by Gasteiger charge is -2.31. The molecule has 0 unspecified atom stereocenters. The molecule has 1 rings (SSSR count). The number of piperazine rings is 1. The topological polar surface area (TPSA) is 23.6 Å². The minimum absolute atomic E-state index is 0.175. The lowest BCUT2D eigenvalue weighted by atomic mass is 10.3. The monoisotopic (exact) mass is 192 g/mol. The number of thiol groups is 1. The van der Waals surface area contributed by atoms with Crippen LogP contribution in [-0.4, -0.2) is 41.3 Å². The lowest BCUT2D eigenvalue weighted by molar-refractivity contribution is -0.129. The van der Waals surface area contributed by atoms with Crippen LogP contribution in [0.2, 0.25) is 0 Å². The molecule has 0 aromatic heterocycles. The maximum atomic E-state index is 10.9. The third kappa shape index (κ3) is 2.57. The molecule has 3 nitrogen and oxygen atoms in total. The van der Waals surface area contributed by atoms with Crippen LogP contribution in [0.4, 0.5) is 0 Å². The number of carbonyl (C=O) groups excluding carboxylic acids is 1. The Bertz CT molecular complexity index is 146. The zero-order valence-electron chi connectivity index (χ0n) is 6.49. The first-order valence-corrected chi connectivity index (χ1v) is 5.38. The molecule has 0 N–H and O–H groups in total. The lowest BCUT2D eigenvalue weighted by Crippen LogP contribution is -2.45. The van der Waals surface area contributed by atoms with Crippen molar-refractivity contribution in [3.05, 3.63) is 0 Å². The Morgan fingerprint density at radius 3 is 2.27 bits per heavy atom. The molecule has 0 spiro atoms. The number of nitrogens with zero attached hydrogens (tertiary/aromatic N) is 2. The third-order valence-electron chi connectivity index (χ3n) is 1.80. The second-order valence-corrected chi connectivity index (χ2v) is 3.69. The molecule has 1 aliphatic heterocycles. The van der Waals surface area contributed by atoms with E-state index in [1.165, 1.54) is 11.0 Å². The largest absolute Gasteiger partial charge is 0.340 e. The van der Waals surface area contributed by atoms with Gasteiger partial charge in [-0.3, -0.25) is 4.79 Å². The standard InChI is InChI=1S/C6H12N2OS2/c1-6(9)7-2-4-8(11-10)5-3-7/h10H,2-5H2,1H3. The molecule has 0 bridgehead atoms. The third-order valence-corrected chi connectivity index (χ3v) is 3.09. The van der Waals surface area contributed by atoms with Gasteiger partial charge in [-0.05, 0) is 11.0 Å². The van der Waals surface area contributed by atoms with Gasteiger partial charge >= 0.3 is 0 Å². The Morgan fingerprint density at radius 1 is 1.36 bits per heavy atom.